The summed E-state index contributed by atoms with van der Waals surface area (Å²) in [6, 6.07) is 7.28. The van der Waals surface area contributed by atoms with Crippen molar-refractivity contribution in [1.82, 2.24) is 0 Å². The molecule has 0 fully saturated rings. The standard InChI is InChI=1S/C13H17NO3/c1-3-12(15)14-11-6-4-10(5-7-11)9(2)8-13(16)17/h4-7,9H,3,8H2,1-2H3,(H,14,15)(H,16,17). The van der Waals surface area contributed by atoms with Gasteiger partial charge in [0.25, 0.3) is 0 Å². The van der Waals surface area contributed by atoms with Crippen LogP contribution < -0.4 is 5.32 Å². The van der Waals surface area contributed by atoms with Gasteiger partial charge in [0, 0.05) is 12.1 Å². The van der Waals surface area contributed by atoms with Gasteiger partial charge in [-0.15, -0.1) is 0 Å². The van der Waals surface area contributed by atoms with Crippen LogP contribution in [0.5, 0.6) is 0 Å². The quantitative estimate of drug-likeness (QED) is 0.824. The van der Waals surface area contributed by atoms with Crippen LogP contribution in [0.2, 0.25) is 0 Å². The molecular formula is C13H17NO3. The van der Waals surface area contributed by atoms with Gasteiger partial charge in [0.1, 0.15) is 0 Å². The molecule has 0 spiro atoms. The van der Waals surface area contributed by atoms with Crippen molar-refractivity contribution < 1.29 is 14.7 Å². The average Bonchev–Trinajstić information content (AvgIpc) is 2.28. The maximum absolute atomic E-state index is 11.2. The first kappa shape index (κ1) is 13.2. The van der Waals surface area contributed by atoms with Gasteiger partial charge in [-0.3, -0.25) is 9.59 Å². The second kappa shape index (κ2) is 6.03. The summed E-state index contributed by atoms with van der Waals surface area (Å²) >= 11 is 0. The highest BCUT2D eigenvalue weighted by atomic mass is 16.4. The van der Waals surface area contributed by atoms with Gasteiger partial charge in [-0.05, 0) is 23.6 Å². The molecule has 0 aliphatic rings. The molecule has 4 nitrogen and oxygen atoms in total. The first-order valence-corrected chi connectivity index (χ1v) is 5.64. The smallest absolute Gasteiger partial charge is 0.303 e. The SMILES string of the molecule is CCC(=O)Nc1ccc(C(C)CC(=O)O)cc1. The Labute approximate surface area is 101 Å². The minimum absolute atomic E-state index is 0.0246. The molecular weight excluding hydrogens is 218 g/mol. The normalized spacial score (nSPS) is 11.9. The van der Waals surface area contributed by atoms with Crippen molar-refractivity contribution in [3.63, 3.8) is 0 Å². The minimum atomic E-state index is -0.805. The van der Waals surface area contributed by atoms with E-state index in [0.717, 1.165) is 11.3 Å². The van der Waals surface area contributed by atoms with Crippen LogP contribution in [0, 0.1) is 0 Å². The van der Waals surface area contributed by atoms with Gasteiger partial charge in [0.2, 0.25) is 5.91 Å². The lowest BCUT2D eigenvalue weighted by Crippen LogP contribution is -2.09. The number of benzene rings is 1. The van der Waals surface area contributed by atoms with Crippen LogP contribution in [0.4, 0.5) is 5.69 Å². The molecule has 2 N–H and O–H groups in total. The summed E-state index contributed by atoms with van der Waals surface area (Å²) < 4.78 is 0. The van der Waals surface area contributed by atoms with Crippen molar-refractivity contribution >= 4 is 17.6 Å². The zero-order chi connectivity index (χ0) is 12.8. The largest absolute Gasteiger partial charge is 0.481 e. The summed E-state index contributed by atoms with van der Waals surface area (Å²) in [5.74, 6) is -0.861. The van der Waals surface area contributed by atoms with E-state index in [0.29, 0.717) is 6.42 Å². The molecule has 1 amide bonds. The van der Waals surface area contributed by atoms with Crippen LogP contribution in [0.25, 0.3) is 0 Å². The molecule has 17 heavy (non-hydrogen) atoms. The van der Waals surface area contributed by atoms with E-state index >= 15 is 0 Å². The number of rotatable bonds is 5. The van der Waals surface area contributed by atoms with Crippen molar-refractivity contribution in [3.05, 3.63) is 29.8 Å². The van der Waals surface area contributed by atoms with E-state index in [-0.39, 0.29) is 18.2 Å². The van der Waals surface area contributed by atoms with Gasteiger partial charge in [-0.2, -0.15) is 0 Å². The fourth-order valence-corrected chi connectivity index (χ4v) is 1.52. The van der Waals surface area contributed by atoms with Crippen LogP contribution in [0.15, 0.2) is 24.3 Å². The molecule has 0 bridgehead atoms. The number of carboxylic acids is 1. The molecule has 1 aromatic rings. The van der Waals surface area contributed by atoms with E-state index in [1.807, 2.05) is 19.1 Å². The lowest BCUT2D eigenvalue weighted by atomic mass is 9.98. The van der Waals surface area contributed by atoms with Gasteiger partial charge in [0.15, 0.2) is 0 Å². The summed E-state index contributed by atoms with van der Waals surface area (Å²) in [5, 5.41) is 11.4. The van der Waals surface area contributed by atoms with Crippen LogP contribution in [0.3, 0.4) is 0 Å². The Bertz CT molecular complexity index is 398. The summed E-state index contributed by atoms with van der Waals surface area (Å²) in [6.07, 6.45) is 0.553. The molecule has 0 saturated heterocycles. The number of carboxylic acid groups (broad SMARTS) is 1. The second-order valence-electron chi connectivity index (χ2n) is 4.02. The maximum atomic E-state index is 11.2. The number of aliphatic carboxylic acids is 1. The van der Waals surface area contributed by atoms with Crippen molar-refractivity contribution in [2.45, 2.75) is 32.6 Å². The Morgan fingerprint density at radius 2 is 1.88 bits per heavy atom. The Morgan fingerprint density at radius 1 is 1.29 bits per heavy atom. The zero-order valence-corrected chi connectivity index (χ0v) is 10.1. The van der Waals surface area contributed by atoms with Crippen LogP contribution in [-0.4, -0.2) is 17.0 Å². The lowest BCUT2D eigenvalue weighted by Gasteiger charge is -2.10. The first-order chi connectivity index (χ1) is 8.02. The third-order valence-electron chi connectivity index (χ3n) is 2.57. The van der Waals surface area contributed by atoms with Crippen molar-refractivity contribution in [2.75, 3.05) is 5.32 Å². The van der Waals surface area contributed by atoms with Crippen molar-refractivity contribution in [1.29, 1.82) is 0 Å². The molecule has 0 heterocycles. The van der Waals surface area contributed by atoms with E-state index in [1.54, 1.807) is 19.1 Å². The zero-order valence-electron chi connectivity index (χ0n) is 10.1. The molecule has 0 aliphatic heterocycles. The van der Waals surface area contributed by atoms with Crippen LogP contribution in [0.1, 0.15) is 38.2 Å². The fraction of sp³-hybridized carbons (Fsp3) is 0.385. The number of carbonyl (C=O) groups excluding carboxylic acids is 1. The van der Waals surface area contributed by atoms with Gasteiger partial charge < -0.3 is 10.4 Å². The van der Waals surface area contributed by atoms with E-state index in [4.69, 9.17) is 5.11 Å². The highest BCUT2D eigenvalue weighted by molar-refractivity contribution is 5.90. The number of carbonyl (C=O) groups is 2. The van der Waals surface area contributed by atoms with Crippen LogP contribution >= 0.6 is 0 Å². The number of hydrogen-bond acceptors (Lipinski definition) is 2. The molecule has 0 saturated carbocycles. The Hall–Kier alpha value is -1.84. The van der Waals surface area contributed by atoms with Gasteiger partial charge in [-0.1, -0.05) is 26.0 Å². The molecule has 0 aromatic heterocycles. The predicted molar refractivity (Wildman–Crippen MR) is 66.0 cm³/mol. The van der Waals surface area contributed by atoms with E-state index in [2.05, 4.69) is 5.32 Å². The summed E-state index contributed by atoms with van der Waals surface area (Å²) in [6.45, 7) is 3.66. The molecule has 1 rings (SSSR count). The summed E-state index contributed by atoms with van der Waals surface area (Å²) in [7, 11) is 0. The maximum Gasteiger partial charge on any atom is 0.303 e. The molecule has 92 valence electrons. The molecule has 0 radical (unpaired) electrons. The van der Waals surface area contributed by atoms with Gasteiger partial charge in [0.05, 0.1) is 6.42 Å². The Kier molecular flexibility index (Phi) is 4.69. The predicted octanol–water partition coefficient (Wildman–Crippen LogP) is 2.61. The number of nitrogens with one attached hydrogen (secondary N) is 1. The number of amides is 1. The third-order valence-corrected chi connectivity index (χ3v) is 2.57. The van der Waals surface area contributed by atoms with Crippen LogP contribution in [-0.2, 0) is 9.59 Å². The number of hydrogen-bond donors (Lipinski definition) is 2. The van der Waals surface area contributed by atoms with Crippen molar-refractivity contribution in [2.24, 2.45) is 0 Å². The highest BCUT2D eigenvalue weighted by Gasteiger charge is 2.09. The molecule has 1 unspecified atom stereocenters. The Morgan fingerprint density at radius 3 is 2.35 bits per heavy atom. The van der Waals surface area contributed by atoms with Gasteiger partial charge in [-0.25, -0.2) is 0 Å². The van der Waals surface area contributed by atoms with Gasteiger partial charge >= 0.3 is 5.97 Å². The van der Waals surface area contributed by atoms with Crippen molar-refractivity contribution in [3.8, 4) is 0 Å². The molecule has 0 aliphatic carbocycles. The summed E-state index contributed by atoms with van der Waals surface area (Å²) in [4.78, 5) is 21.7. The monoisotopic (exact) mass is 235 g/mol. The first-order valence-electron chi connectivity index (χ1n) is 5.64. The molecule has 4 heteroatoms. The fourth-order valence-electron chi connectivity index (χ4n) is 1.52. The average molecular weight is 235 g/mol. The highest BCUT2D eigenvalue weighted by Crippen LogP contribution is 2.20. The lowest BCUT2D eigenvalue weighted by molar-refractivity contribution is -0.137. The minimum Gasteiger partial charge on any atom is -0.481 e. The van der Waals surface area contributed by atoms with E-state index < -0.39 is 5.97 Å². The molecule has 1 aromatic carbocycles. The third kappa shape index (κ3) is 4.26. The Balaban J connectivity index is 2.67. The second-order valence-corrected chi connectivity index (χ2v) is 4.02. The van der Waals surface area contributed by atoms with E-state index in [9.17, 15) is 9.59 Å². The number of anilines is 1. The summed E-state index contributed by atoms with van der Waals surface area (Å²) in [5.41, 5.74) is 1.70. The topological polar surface area (TPSA) is 66.4 Å². The van der Waals surface area contributed by atoms with E-state index in [1.165, 1.54) is 0 Å². The molecule has 1 atom stereocenters.